The summed E-state index contributed by atoms with van der Waals surface area (Å²) < 4.78 is 77.2. The second-order valence-corrected chi connectivity index (χ2v) is 5.13. The van der Waals surface area contributed by atoms with Crippen molar-refractivity contribution in [2.24, 2.45) is 0 Å². The largest absolute Gasteiger partial charge is 0.618 e. The van der Waals surface area contributed by atoms with E-state index in [1.165, 1.54) is 0 Å². The number of pyridine rings is 2. The van der Waals surface area contributed by atoms with Crippen molar-refractivity contribution in [2.75, 3.05) is 0 Å². The molecule has 130 valence electrons. The Morgan fingerprint density at radius 3 is 1.21 bits per heavy atom. The molecule has 2 rings (SSSR count). The Morgan fingerprint density at radius 1 is 0.667 bits per heavy atom. The van der Waals surface area contributed by atoms with Crippen LogP contribution < -0.4 is 9.46 Å². The Bertz CT molecular complexity index is 732. The summed E-state index contributed by atoms with van der Waals surface area (Å²) in [5.74, 6) is 0. The number of rotatable bonds is 1. The first-order valence-corrected chi connectivity index (χ1v) is 6.45. The molecule has 24 heavy (non-hydrogen) atoms. The summed E-state index contributed by atoms with van der Waals surface area (Å²) >= 11 is 0. The van der Waals surface area contributed by atoms with Crippen molar-refractivity contribution < 1.29 is 35.8 Å². The van der Waals surface area contributed by atoms with E-state index in [9.17, 15) is 36.8 Å². The SMILES string of the molecule is Cc1cc(C(F)(F)F)cc(-c2cc(C(F)(F)F)cc(C)[n+]2[O-])[n+]1[O-]. The van der Waals surface area contributed by atoms with Crippen LogP contribution in [0.3, 0.4) is 0 Å². The second kappa shape index (κ2) is 5.53. The number of halogens is 6. The molecular formula is C14H10F6N2O2. The van der Waals surface area contributed by atoms with Crippen molar-refractivity contribution in [3.05, 3.63) is 57.2 Å². The molecule has 0 fully saturated rings. The highest BCUT2D eigenvalue weighted by atomic mass is 19.4. The normalized spacial score (nSPS) is 12.5. The molecule has 0 saturated carbocycles. The highest BCUT2D eigenvalue weighted by Crippen LogP contribution is 2.33. The Labute approximate surface area is 131 Å². The smallest absolute Gasteiger partial charge is 0.416 e. The fourth-order valence-corrected chi connectivity index (χ4v) is 2.13. The standard InChI is InChI=1S/C14H10F6N2O2/c1-7-3-9(13(15,16)17)5-11(21(7)23)12-6-10(14(18,19)20)4-8(2)22(12)24/h3-6H,1-2H3. The lowest BCUT2D eigenvalue weighted by Crippen LogP contribution is -2.41. The maximum Gasteiger partial charge on any atom is 0.416 e. The molecule has 0 aliphatic rings. The number of hydrogen-bond acceptors (Lipinski definition) is 2. The van der Waals surface area contributed by atoms with Gasteiger partial charge in [0.1, 0.15) is 0 Å². The van der Waals surface area contributed by atoms with E-state index >= 15 is 0 Å². The van der Waals surface area contributed by atoms with Gasteiger partial charge >= 0.3 is 12.4 Å². The van der Waals surface area contributed by atoms with Crippen LogP contribution in [-0.4, -0.2) is 0 Å². The van der Waals surface area contributed by atoms with E-state index in [2.05, 4.69) is 0 Å². The second-order valence-electron chi connectivity index (χ2n) is 5.13. The zero-order chi connectivity index (χ0) is 18.4. The minimum absolute atomic E-state index is 0.0153. The van der Waals surface area contributed by atoms with Gasteiger partial charge in [-0.05, 0) is 0 Å². The van der Waals surface area contributed by atoms with Crippen molar-refractivity contribution in [2.45, 2.75) is 26.2 Å². The lowest BCUT2D eigenvalue weighted by atomic mass is 10.1. The van der Waals surface area contributed by atoms with E-state index in [0.29, 0.717) is 24.3 Å². The summed E-state index contributed by atoms with van der Waals surface area (Å²) in [6, 6.07) is 1.80. The lowest BCUT2D eigenvalue weighted by Gasteiger charge is -2.14. The topological polar surface area (TPSA) is 53.9 Å². The molecule has 10 heteroatoms. The quantitative estimate of drug-likeness (QED) is 0.449. The van der Waals surface area contributed by atoms with E-state index in [0.717, 1.165) is 13.8 Å². The van der Waals surface area contributed by atoms with Gasteiger partial charge in [0, 0.05) is 38.1 Å². The minimum atomic E-state index is -4.82. The van der Waals surface area contributed by atoms with Crippen LogP contribution in [0.1, 0.15) is 22.5 Å². The molecule has 0 N–H and O–H groups in total. The highest BCUT2D eigenvalue weighted by Gasteiger charge is 2.38. The molecular weight excluding hydrogens is 342 g/mol. The number of aryl methyl sites for hydroxylation is 2. The van der Waals surface area contributed by atoms with Crippen molar-refractivity contribution in [3.63, 3.8) is 0 Å². The summed E-state index contributed by atoms with van der Waals surface area (Å²) in [5, 5.41) is 24.0. The fourth-order valence-electron chi connectivity index (χ4n) is 2.13. The molecule has 2 heterocycles. The molecule has 0 atom stereocenters. The number of hydrogen-bond donors (Lipinski definition) is 0. The maximum atomic E-state index is 12.9. The third-order valence-corrected chi connectivity index (χ3v) is 3.31. The van der Waals surface area contributed by atoms with E-state index in [1.807, 2.05) is 0 Å². The Morgan fingerprint density at radius 2 is 0.958 bits per heavy atom. The van der Waals surface area contributed by atoms with Gasteiger partial charge in [0.15, 0.2) is 11.4 Å². The predicted molar refractivity (Wildman–Crippen MR) is 69.3 cm³/mol. The van der Waals surface area contributed by atoms with Crippen molar-refractivity contribution >= 4 is 0 Å². The summed E-state index contributed by atoms with van der Waals surface area (Å²) in [4.78, 5) is 0. The molecule has 2 aromatic rings. The maximum absolute atomic E-state index is 12.9. The van der Waals surface area contributed by atoms with Crippen LogP contribution in [0.2, 0.25) is 0 Å². The van der Waals surface area contributed by atoms with Crippen LogP contribution in [0, 0.1) is 24.3 Å². The summed E-state index contributed by atoms with van der Waals surface area (Å²) in [7, 11) is 0. The van der Waals surface area contributed by atoms with Gasteiger partial charge in [-0.15, -0.1) is 0 Å². The number of alkyl halides is 6. The number of aromatic nitrogens is 2. The van der Waals surface area contributed by atoms with Gasteiger partial charge in [0.05, 0.1) is 11.1 Å². The van der Waals surface area contributed by atoms with Crippen molar-refractivity contribution in [3.8, 4) is 11.4 Å². The molecule has 0 unspecified atom stereocenters. The molecule has 0 aliphatic heterocycles. The first-order chi connectivity index (χ1) is 10.8. The van der Waals surface area contributed by atoms with E-state index in [4.69, 9.17) is 0 Å². The van der Waals surface area contributed by atoms with E-state index < -0.39 is 46.3 Å². The fraction of sp³-hybridized carbons (Fsp3) is 0.286. The molecule has 0 aromatic carbocycles. The van der Waals surface area contributed by atoms with Gasteiger partial charge in [0.2, 0.25) is 0 Å². The predicted octanol–water partition coefficient (Wildman–Crippen LogP) is 3.27. The van der Waals surface area contributed by atoms with E-state index in [1.54, 1.807) is 0 Å². The molecule has 0 bridgehead atoms. The van der Waals surface area contributed by atoms with Gasteiger partial charge in [-0.25, -0.2) is 0 Å². The van der Waals surface area contributed by atoms with Gasteiger partial charge in [-0.2, -0.15) is 35.8 Å². The summed E-state index contributed by atoms with van der Waals surface area (Å²) in [6.45, 7) is 2.11. The third kappa shape index (κ3) is 3.22. The summed E-state index contributed by atoms with van der Waals surface area (Å²) in [6.07, 6.45) is -9.64. The molecule has 0 saturated heterocycles. The molecule has 0 radical (unpaired) electrons. The van der Waals surface area contributed by atoms with E-state index in [-0.39, 0.29) is 9.46 Å². The van der Waals surface area contributed by atoms with Crippen molar-refractivity contribution in [1.29, 1.82) is 0 Å². The van der Waals surface area contributed by atoms with Crippen LogP contribution in [0.15, 0.2) is 24.3 Å². The van der Waals surface area contributed by atoms with Crippen LogP contribution in [0.4, 0.5) is 26.3 Å². The Balaban J connectivity index is 2.81. The molecule has 0 spiro atoms. The molecule has 0 aliphatic carbocycles. The molecule has 0 amide bonds. The first-order valence-electron chi connectivity index (χ1n) is 6.45. The monoisotopic (exact) mass is 352 g/mol. The van der Waals surface area contributed by atoms with Gasteiger partial charge in [0.25, 0.3) is 11.4 Å². The zero-order valence-electron chi connectivity index (χ0n) is 12.3. The van der Waals surface area contributed by atoms with Crippen molar-refractivity contribution in [1.82, 2.24) is 0 Å². The van der Waals surface area contributed by atoms with Crippen LogP contribution in [-0.2, 0) is 12.4 Å². The highest BCUT2D eigenvalue weighted by molar-refractivity contribution is 5.51. The summed E-state index contributed by atoms with van der Waals surface area (Å²) in [5.41, 5.74) is -4.92. The van der Waals surface area contributed by atoms with Gasteiger partial charge in [-0.1, -0.05) is 0 Å². The molecule has 4 nitrogen and oxygen atoms in total. The Hall–Kier alpha value is -2.52. The Kier molecular flexibility index (Phi) is 4.11. The van der Waals surface area contributed by atoms with Crippen LogP contribution in [0.25, 0.3) is 11.4 Å². The third-order valence-electron chi connectivity index (χ3n) is 3.31. The number of nitrogens with zero attached hydrogens (tertiary/aromatic N) is 2. The van der Waals surface area contributed by atoms with Crippen LogP contribution >= 0.6 is 0 Å². The average Bonchev–Trinajstić information content (AvgIpc) is 2.42. The molecule has 2 aromatic heterocycles. The first kappa shape index (κ1) is 17.8. The lowest BCUT2D eigenvalue weighted by molar-refractivity contribution is -0.632. The average molecular weight is 352 g/mol. The zero-order valence-corrected chi connectivity index (χ0v) is 12.3. The minimum Gasteiger partial charge on any atom is -0.618 e. The van der Waals surface area contributed by atoms with Crippen LogP contribution in [0.5, 0.6) is 0 Å². The van der Waals surface area contributed by atoms with Gasteiger partial charge in [-0.3, -0.25) is 0 Å². The van der Waals surface area contributed by atoms with Gasteiger partial charge < -0.3 is 10.4 Å².